The van der Waals surface area contributed by atoms with Crippen LogP contribution in [-0.2, 0) is 11.3 Å². The third-order valence-corrected chi connectivity index (χ3v) is 5.84. The number of amides is 1. The first-order valence-corrected chi connectivity index (χ1v) is 10.7. The molecule has 0 spiro atoms. The van der Waals surface area contributed by atoms with Crippen LogP contribution in [0.2, 0.25) is 5.15 Å². The van der Waals surface area contributed by atoms with Crippen molar-refractivity contribution in [2.24, 2.45) is 0 Å². The molecule has 0 bridgehead atoms. The number of halogens is 1. The fraction of sp³-hybridized carbons (Fsp3) is 0.261. The van der Waals surface area contributed by atoms with Crippen molar-refractivity contribution in [3.8, 4) is 0 Å². The van der Waals surface area contributed by atoms with E-state index in [9.17, 15) is 4.79 Å². The molecule has 2 aromatic carbocycles. The number of benzene rings is 2. The number of nitrogens with zero attached hydrogens (tertiary/aromatic N) is 3. The molecule has 1 aliphatic heterocycles. The number of aromatic nitrogens is 4. The van der Waals surface area contributed by atoms with E-state index in [2.05, 4.69) is 20.4 Å². The first kappa shape index (κ1) is 19.8. The third-order valence-electron chi connectivity index (χ3n) is 5.46. The molecule has 31 heavy (non-hydrogen) atoms. The zero-order valence-corrected chi connectivity index (χ0v) is 17.8. The van der Waals surface area contributed by atoms with E-state index < -0.39 is 0 Å². The molecule has 1 fully saturated rings. The summed E-state index contributed by atoms with van der Waals surface area (Å²) < 4.78 is 7.35. The molecule has 3 heterocycles. The van der Waals surface area contributed by atoms with Gasteiger partial charge in [-0.3, -0.25) is 4.79 Å². The monoisotopic (exact) mass is 435 g/mol. The molecule has 1 unspecified atom stereocenters. The predicted molar refractivity (Wildman–Crippen MR) is 119 cm³/mol. The van der Waals surface area contributed by atoms with E-state index >= 15 is 0 Å². The van der Waals surface area contributed by atoms with E-state index in [1.54, 1.807) is 11.6 Å². The van der Waals surface area contributed by atoms with E-state index in [1.807, 2.05) is 48.5 Å². The van der Waals surface area contributed by atoms with Crippen molar-refractivity contribution in [2.45, 2.75) is 32.4 Å². The SMILES string of the molecule is Cc1nn(Cc2ccccc2)c(Cl)c1C(=O)Nc1ccc2nc(C3CCCO3)[nH]c2c1. The molecule has 0 saturated carbocycles. The molecule has 158 valence electrons. The summed E-state index contributed by atoms with van der Waals surface area (Å²) in [5, 5.41) is 7.71. The molecular formula is C23H22ClN5O2. The van der Waals surface area contributed by atoms with Gasteiger partial charge in [-0.2, -0.15) is 5.10 Å². The predicted octanol–water partition coefficient (Wildman–Crippen LogP) is 4.87. The molecule has 4 aromatic rings. The van der Waals surface area contributed by atoms with Crippen LogP contribution in [0.25, 0.3) is 11.0 Å². The molecule has 0 radical (unpaired) electrons. The number of carbonyl (C=O) groups excluding carboxylic acids is 1. The minimum absolute atomic E-state index is 0.0161. The Hall–Kier alpha value is -3.16. The van der Waals surface area contributed by atoms with Crippen molar-refractivity contribution < 1.29 is 9.53 Å². The van der Waals surface area contributed by atoms with Crippen LogP contribution in [0.4, 0.5) is 5.69 Å². The molecule has 7 nitrogen and oxygen atoms in total. The number of nitrogens with one attached hydrogen (secondary N) is 2. The van der Waals surface area contributed by atoms with Crippen LogP contribution in [0.5, 0.6) is 0 Å². The summed E-state index contributed by atoms with van der Waals surface area (Å²) >= 11 is 6.52. The second-order valence-electron chi connectivity index (χ2n) is 7.70. The highest BCUT2D eigenvalue weighted by molar-refractivity contribution is 6.33. The summed E-state index contributed by atoms with van der Waals surface area (Å²) in [6.45, 7) is 3.05. The van der Waals surface area contributed by atoms with Gasteiger partial charge < -0.3 is 15.0 Å². The average molecular weight is 436 g/mol. The number of hydrogen-bond donors (Lipinski definition) is 2. The number of ether oxygens (including phenoxy) is 1. The minimum atomic E-state index is -0.292. The molecule has 1 atom stereocenters. The lowest BCUT2D eigenvalue weighted by molar-refractivity contribution is 0.102. The Morgan fingerprint density at radius 2 is 2.13 bits per heavy atom. The fourth-order valence-corrected chi connectivity index (χ4v) is 4.24. The van der Waals surface area contributed by atoms with E-state index in [0.717, 1.165) is 41.9 Å². The lowest BCUT2D eigenvalue weighted by Gasteiger charge is -2.06. The number of imidazole rings is 1. The minimum Gasteiger partial charge on any atom is -0.370 e. The number of hydrogen-bond acceptors (Lipinski definition) is 4. The van der Waals surface area contributed by atoms with Gasteiger partial charge in [-0.15, -0.1) is 0 Å². The van der Waals surface area contributed by atoms with Gasteiger partial charge in [0.15, 0.2) is 0 Å². The standard InChI is InChI=1S/C23H22ClN5O2/c1-14-20(21(24)29(28-14)13-15-6-3-2-4-7-15)23(30)25-16-9-10-17-18(12-16)27-22(26-17)19-8-5-11-31-19/h2-4,6-7,9-10,12,19H,5,8,11,13H2,1H3,(H,25,30)(H,26,27). The lowest BCUT2D eigenvalue weighted by Crippen LogP contribution is -2.13. The summed E-state index contributed by atoms with van der Waals surface area (Å²) in [5.74, 6) is 0.539. The van der Waals surface area contributed by atoms with Gasteiger partial charge in [-0.1, -0.05) is 41.9 Å². The van der Waals surface area contributed by atoms with Crippen molar-refractivity contribution in [2.75, 3.05) is 11.9 Å². The normalized spacial score (nSPS) is 16.1. The van der Waals surface area contributed by atoms with Gasteiger partial charge in [-0.25, -0.2) is 9.67 Å². The van der Waals surface area contributed by atoms with Crippen molar-refractivity contribution >= 4 is 34.2 Å². The first-order chi connectivity index (χ1) is 15.1. The second kappa shape index (κ2) is 8.17. The number of aromatic amines is 1. The Kier molecular flexibility index (Phi) is 5.21. The summed E-state index contributed by atoms with van der Waals surface area (Å²) in [4.78, 5) is 20.9. The number of anilines is 1. The zero-order chi connectivity index (χ0) is 21.4. The van der Waals surface area contributed by atoms with E-state index in [0.29, 0.717) is 28.6 Å². The van der Waals surface area contributed by atoms with Crippen molar-refractivity contribution in [1.82, 2.24) is 19.7 Å². The van der Waals surface area contributed by atoms with E-state index in [1.165, 1.54) is 0 Å². The van der Waals surface area contributed by atoms with Crippen LogP contribution in [-0.4, -0.2) is 32.3 Å². The van der Waals surface area contributed by atoms with Crippen LogP contribution in [0.15, 0.2) is 48.5 Å². The Bertz CT molecular complexity index is 1240. The smallest absolute Gasteiger partial charge is 0.260 e. The highest BCUT2D eigenvalue weighted by atomic mass is 35.5. The number of H-pyrrole nitrogens is 1. The molecule has 8 heteroatoms. The van der Waals surface area contributed by atoms with Gasteiger partial charge in [0.25, 0.3) is 5.91 Å². The highest BCUT2D eigenvalue weighted by Gasteiger charge is 2.22. The Morgan fingerprint density at radius 1 is 1.29 bits per heavy atom. The zero-order valence-electron chi connectivity index (χ0n) is 17.1. The molecule has 2 N–H and O–H groups in total. The van der Waals surface area contributed by atoms with Crippen molar-refractivity contribution in [3.05, 3.63) is 76.3 Å². The number of carbonyl (C=O) groups is 1. The third kappa shape index (κ3) is 3.94. The molecule has 1 amide bonds. The van der Waals surface area contributed by atoms with Crippen molar-refractivity contribution in [3.63, 3.8) is 0 Å². The molecule has 1 aliphatic rings. The van der Waals surface area contributed by atoms with Crippen LogP contribution in [0, 0.1) is 6.92 Å². The quantitative estimate of drug-likeness (QED) is 0.468. The van der Waals surface area contributed by atoms with Crippen LogP contribution < -0.4 is 5.32 Å². The molecule has 5 rings (SSSR count). The first-order valence-electron chi connectivity index (χ1n) is 10.3. The maximum atomic E-state index is 13.0. The van der Waals surface area contributed by atoms with Gasteiger partial charge in [0.2, 0.25) is 0 Å². The van der Waals surface area contributed by atoms with Crippen molar-refractivity contribution in [1.29, 1.82) is 0 Å². The van der Waals surface area contributed by atoms with Crippen LogP contribution >= 0.6 is 11.6 Å². The topological polar surface area (TPSA) is 84.8 Å². The summed E-state index contributed by atoms with van der Waals surface area (Å²) in [6.07, 6.45) is 2.03. The molecule has 2 aromatic heterocycles. The summed E-state index contributed by atoms with van der Waals surface area (Å²) in [5.41, 5.74) is 4.38. The largest absolute Gasteiger partial charge is 0.370 e. The Morgan fingerprint density at radius 3 is 2.90 bits per heavy atom. The number of fused-ring (bicyclic) bond motifs is 1. The maximum Gasteiger partial charge on any atom is 0.260 e. The highest BCUT2D eigenvalue weighted by Crippen LogP contribution is 2.29. The maximum absolute atomic E-state index is 13.0. The molecular weight excluding hydrogens is 414 g/mol. The van der Waals surface area contributed by atoms with Gasteiger partial charge in [0.05, 0.1) is 28.8 Å². The van der Waals surface area contributed by atoms with Gasteiger partial charge >= 0.3 is 0 Å². The van der Waals surface area contributed by atoms with Gasteiger partial charge in [-0.05, 0) is 43.5 Å². The average Bonchev–Trinajstić information content (AvgIpc) is 3.48. The van der Waals surface area contributed by atoms with E-state index in [-0.39, 0.29) is 12.0 Å². The van der Waals surface area contributed by atoms with Gasteiger partial charge in [0.1, 0.15) is 17.1 Å². The van der Waals surface area contributed by atoms with E-state index in [4.69, 9.17) is 16.3 Å². The summed E-state index contributed by atoms with van der Waals surface area (Å²) in [6, 6.07) is 15.5. The number of aryl methyl sites for hydroxylation is 1. The van der Waals surface area contributed by atoms with Crippen LogP contribution in [0.1, 0.15) is 46.4 Å². The Labute approximate surface area is 184 Å². The number of rotatable bonds is 5. The second-order valence-corrected chi connectivity index (χ2v) is 8.06. The van der Waals surface area contributed by atoms with Crippen LogP contribution in [0.3, 0.4) is 0 Å². The van der Waals surface area contributed by atoms with Gasteiger partial charge in [0, 0.05) is 12.3 Å². The molecule has 0 aliphatic carbocycles. The Balaban J connectivity index is 1.36. The summed E-state index contributed by atoms with van der Waals surface area (Å²) in [7, 11) is 0. The lowest BCUT2D eigenvalue weighted by atomic mass is 10.2. The molecule has 1 saturated heterocycles. The fourth-order valence-electron chi connectivity index (χ4n) is 3.92.